The van der Waals surface area contributed by atoms with Gasteiger partial charge < -0.3 is 14.2 Å². The number of ether oxygens (including phenoxy) is 3. The second-order valence-corrected chi connectivity index (χ2v) is 3.56. The van der Waals surface area contributed by atoms with Crippen molar-refractivity contribution in [1.29, 1.82) is 0 Å². The third-order valence-electron chi connectivity index (χ3n) is 2.87. The standard InChI is InChI=1S/C10H20O3/c1-11-9-7-5-4-6-8(9)10(12-2)13-3/h8-10H,4-7H2,1-3H3. The van der Waals surface area contributed by atoms with Crippen molar-refractivity contribution in [2.24, 2.45) is 5.92 Å². The molecule has 1 rings (SSSR count). The average molecular weight is 188 g/mol. The highest BCUT2D eigenvalue weighted by molar-refractivity contribution is 4.78. The van der Waals surface area contributed by atoms with Crippen LogP contribution in [-0.2, 0) is 14.2 Å². The summed E-state index contributed by atoms with van der Waals surface area (Å²) in [6.07, 6.45) is 4.99. The van der Waals surface area contributed by atoms with E-state index < -0.39 is 0 Å². The van der Waals surface area contributed by atoms with E-state index in [0.717, 1.165) is 12.8 Å². The maximum atomic E-state index is 5.43. The molecule has 0 aromatic heterocycles. The molecule has 0 spiro atoms. The molecule has 0 N–H and O–H groups in total. The van der Waals surface area contributed by atoms with Crippen LogP contribution in [0.2, 0.25) is 0 Å². The van der Waals surface area contributed by atoms with Gasteiger partial charge in [0.25, 0.3) is 0 Å². The summed E-state index contributed by atoms with van der Waals surface area (Å²) in [5.41, 5.74) is 0. The molecular formula is C10H20O3. The lowest BCUT2D eigenvalue weighted by Gasteiger charge is -2.34. The predicted octanol–water partition coefficient (Wildman–Crippen LogP) is 1.81. The lowest BCUT2D eigenvalue weighted by atomic mass is 9.86. The molecule has 0 saturated heterocycles. The monoisotopic (exact) mass is 188 g/mol. The van der Waals surface area contributed by atoms with Crippen LogP contribution in [0.25, 0.3) is 0 Å². The van der Waals surface area contributed by atoms with Crippen LogP contribution in [0.4, 0.5) is 0 Å². The Morgan fingerprint density at radius 1 is 1.00 bits per heavy atom. The van der Waals surface area contributed by atoms with Gasteiger partial charge in [-0.05, 0) is 12.8 Å². The van der Waals surface area contributed by atoms with Gasteiger partial charge in [0.1, 0.15) is 0 Å². The molecule has 0 amide bonds. The summed E-state index contributed by atoms with van der Waals surface area (Å²) in [4.78, 5) is 0. The van der Waals surface area contributed by atoms with E-state index in [-0.39, 0.29) is 6.29 Å². The zero-order valence-electron chi connectivity index (χ0n) is 8.79. The minimum absolute atomic E-state index is 0.106. The number of methoxy groups -OCH3 is 3. The minimum Gasteiger partial charge on any atom is -0.381 e. The summed E-state index contributed by atoms with van der Waals surface area (Å²) in [6.45, 7) is 0. The second-order valence-electron chi connectivity index (χ2n) is 3.56. The Morgan fingerprint density at radius 3 is 2.15 bits per heavy atom. The summed E-state index contributed by atoms with van der Waals surface area (Å²) in [5.74, 6) is 0.397. The second kappa shape index (κ2) is 5.58. The first kappa shape index (κ1) is 11.0. The molecule has 0 aliphatic heterocycles. The predicted molar refractivity (Wildman–Crippen MR) is 50.6 cm³/mol. The van der Waals surface area contributed by atoms with Gasteiger partial charge in [0.05, 0.1) is 6.10 Å². The zero-order chi connectivity index (χ0) is 9.68. The molecule has 0 aromatic rings. The summed E-state index contributed by atoms with van der Waals surface area (Å²) < 4.78 is 16.0. The van der Waals surface area contributed by atoms with Crippen LogP contribution in [0.1, 0.15) is 25.7 Å². The third kappa shape index (κ3) is 2.66. The van der Waals surface area contributed by atoms with E-state index in [9.17, 15) is 0 Å². The molecule has 1 aliphatic rings. The van der Waals surface area contributed by atoms with Gasteiger partial charge in [0, 0.05) is 27.2 Å². The Labute approximate surface area is 80.4 Å². The van der Waals surface area contributed by atoms with Gasteiger partial charge in [0.15, 0.2) is 6.29 Å². The Bertz CT molecular complexity index is 127. The Morgan fingerprint density at radius 2 is 1.62 bits per heavy atom. The summed E-state index contributed by atoms with van der Waals surface area (Å²) >= 11 is 0. The largest absolute Gasteiger partial charge is 0.381 e. The van der Waals surface area contributed by atoms with Crippen molar-refractivity contribution >= 4 is 0 Å². The molecule has 3 heteroatoms. The van der Waals surface area contributed by atoms with Gasteiger partial charge in [-0.3, -0.25) is 0 Å². The molecule has 0 heterocycles. The average Bonchev–Trinajstić information content (AvgIpc) is 2.20. The topological polar surface area (TPSA) is 27.7 Å². The van der Waals surface area contributed by atoms with E-state index in [1.165, 1.54) is 12.8 Å². The normalized spacial score (nSPS) is 29.5. The van der Waals surface area contributed by atoms with E-state index in [1.807, 2.05) is 0 Å². The summed E-state index contributed by atoms with van der Waals surface area (Å²) in [6, 6.07) is 0. The van der Waals surface area contributed by atoms with Gasteiger partial charge in [-0.2, -0.15) is 0 Å². The first-order chi connectivity index (χ1) is 6.33. The smallest absolute Gasteiger partial charge is 0.162 e. The quantitative estimate of drug-likeness (QED) is 0.630. The molecular weight excluding hydrogens is 168 g/mol. The molecule has 13 heavy (non-hydrogen) atoms. The fourth-order valence-electron chi connectivity index (χ4n) is 2.18. The Hall–Kier alpha value is -0.120. The van der Waals surface area contributed by atoms with Crippen LogP contribution in [0.15, 0.2) is 0 Å². The fraction of sp³-hybridized carbons (Fsp3) is 1.00. The molecule has 78 valence electrons. The van der Waals surface area contributed by atoms with E-state index in [2.05, 4.69) is 0 Å². The van der Waals surface area contributed by atoms with Crippen molar-refractivity contribution in [1.82, 2.24) is 0 Å². The zero-order valence-corrected chi connectivity index (χ0v) is 8.79. The number of hydrogen-bond donors (Lipinski definition) is 0. The lowest BCUT2D eigenvalue weighted by molar-refractivity contribution is -0.173. The molecule has 3 nitrogen and oxygen atoms in total. The van der Waals surface area contributed by atoms with Gasteiger partial charge >= 0.3 is 0 Å². The van der Waals surface area contributed by atoms with Crippen LogP contribution in [0.5, 0.6) is 0 Å². The fourth-order valence-corrected chi connectivity index (χ4v) is 2.18. The summed E-state index contributed by atoms with van der Waals surface area (Å²) in [5, 5.41) is 0. The van der Waals surface area contributed by atoms with E-state index in [0.29, 0.717) is 12.0 Å². The molecule has 2 unspecified atom stereocenters. The number of rotatable bonds is 4. The van der Waals surface area contributed by atoms with Gasteiger partial charge in [-0.25, -0.2) is 0 Å². The highest BCUT2D eigenvalue weighted by Gasteiger charge is 2.31. The van der Waals surface area contributed by atoms with Crippen molar-refractivity contribution in [3.05, 3.63) is 0 Å². The van der Waals surface area contributed by atoms with Gasteiger partial charge in [0.2, 0.25) is 0 Å². The molecule has 2 atom stereocenters. The lowest BCUT2D eigenvalue weighted by Crippen LogP contribution is -2.37. The summed E-state index contributed by atoms with van der Waals surface area (Å²) in [7, 11) is 5.15. The SMILES string of the molecule is COC1CCCCC1C(OC)OC. The number of hydrogen-bond acceptors (Lipinski definition) is 3. The Kier molecular flexibility index (Phi) is 4.70. The highest BCUT2D eigenvalue weighted by Crippen LogP contribution is 2.30. The van der Waals surface area contributed by atoms with Crippen LogP contribution in [0, 0.1) is 5.92 Å². The van der Waals surface area contributed by atoms with Crippen molar-refractivity contribution in [2.45, 2.75) is 38.1 Å². The molecule has 0 radical (unpaired) electrons. The van der Waals surface area contributed by atoms with E-state index in [4.69, 9.17) is 14.2 Å². The van der Waals surface area contributed by atoms with Crippen molar-refractivity contribution in [3.63, 3.8) is 0 Å². The maximum absolute atomic E-state index is 5.43. The third-order valence-corrected chi connectivity index (χ3v) is 2.87. The van der Waals surface area contributed by atoms with Crippen LogP contribution in [-0.4, -0.2) is 33.7 Å². The van der Waals surface area contributed by atoms with Crippen molar-refractivity contribution in [3.8, 4) is 0 Å². The van der Waals surface area contributed by atoms with Crippen LogP contribution >= 0.6 is 0 Å². The van der Waals surface area contributed by atoms with Gasteiger partial charge in [-0.15, -0.1) is 0 Å². The molecule has 0 bridgehead atoms. The first-order valence-electron chi connectivity index (χ1n) is 4.92. The first-order valence-corrected chi connectivity index (χ1v) is 4.92. The Balaban J connectivity index is 2.51. The molecule has 1 fully saturated rings. The minimum atomic E-state index is -0.106. The molecule has 0 aromatic carbocycles. The maximum Gasteiger partial charge on any atom is 0.162 e. The van der Waals surface area contributed by atoms with E-state index in [1.54, 1.807) is 21.3 Å². The van der Waals surface area contributed by atoms with Crippen molar-refractivity contribution < 1.29 is 14.2 Å². The van der Waals surface area contributed by atoms with Gasteiger partial charge in [-0.1, -0.05) is 12.8 Å². The molecule has 1 saturated carbocycles. The molecule has 1 aliphatic carbocycles. The van der Waals surface area contributed by atoms with Crippen LogP contribution < -0.4 is 0 Å². The van der Waals surface area contributed by atoms with Crippen LogP contribution in [0.3, 0.4) is 0 Å². The van der Waals surface area contributed by atoms with E-state index >= 15 is 0 Å². The highest BCUT2D eigenvalue weighted by atomic mass is 16.7. The van der Waals surface area contributed by atoms with Crippen molar-refractivity contribution in [2.75, 3.05) is 21.3 Å².